The van der Waals surface area contributed by atoms with Gasteiger partial charge in [0.15, 0.2) is 11.5 Å². The number of carbonyl (C=O) groups is 1. The van der Waals surface area contributed by atoms with Crippen molar-refractivity contribution in [2.75, 3.05) is 18.7 Å². The van der Waals surface area contributed by atoms with Crippen LogP contribution in [0.15, 0.2) is 46.3 Å². The van der Waals surface area contributed by atoms with Gasteiger partial charge < -0.3 is 9.47 Å². The molecule has 0 aliphatic rings. The number of nitrogens with zero attached hydrogens (tertiary/aromatic N) is 3. The second-order valence-electron chi connectivity index (χ2n) is 7.08. The van der Waals surface area contributed by atoms with Gasteiger partial charge in [-0.2, -0.15) is 5.26 Å². The predicted molar refractivity (Wildman–Crippen MR) is 129 cm³/mol. The molecule has 1 aromatic heterocycles. The molecule has 0 radical (unpaired) electrons. The van der Waals surface area contributed by atoms with Crippen LogP contribution in [-0.2, 0) is 21.2 Å². The zero-order chi connectivity index (χ0) is 24.9. The number of rotatable bonds is 8. The molecule has 3 aromatic rings. The molecule has 0 unspecified atom stereocenters. The molecule has 1 amide bonds. The minimum Gasteiger partial charge on any atom is -0.493 e. The van der Waals surface area contributed by atoms with Crippen LogP contribution in [0.5, 0.6) is 11.5 Å². The first kappa shape index (κ1) is 25.2. The highest BCUT2D eigenvalue weighted by molar-refractivity contribution is 7.92. The molecular formula is C22H19ClN4O5S2. The van der Waals surface area contributed by atoms with E-state index in [1.807, 2.05) is 31.2 Å². The number of ether oxygens (including phenoxy) is 2. The summed E-state index contributed by atoms with van der Waals surface area (Å²) in [7, 11) is -2.11. The fourth-order valence-corrected chi connectivity index (χ4v) is 4.59. The van der Waals surface area contributed by atoms with Crippen LogP contribution in [0.25, 0.3) is 6.08 Å². The van der Waals surface area contributed by atoms with Crippen molar-refractivity contribution in [2.24, 2.45) is 0 Å². The SMILES string of the molecule is COc1cc(/C=C(/C#N)C(=O)Nc2nnc(S(C)(=O)=O)s2)cc(Cl)c1OCc1cccc(C)c1. The highest BCUT2D eigenvalue weighted by atomic mass is 35.5. The van der Waals surface area contributed by atoms with E-state index in [4.69, 9.17) is 21.1 Å². The molecule has 0 atom stereocenters. The molecule has 0 bridgehead atoms. The average molecular weight is 519 g/mol. The van der Waals surface area contributed by atoms with Crippen molar-refractivity contribution in [3.63, 3.8) is 0 Å². The lowest BCUT2D eigenvalue weighted by Gasteiger charge is -2.14. The summed E-state index contributed by atoms with van der Waals surface area (Å²) in [4.78, 5) is 12.5. The van der Waals surface area contributed by atoms with Gasteiger partial charge in [-0.05, 0) is 36.3 Å². The smallest absolute Gasteiger partial charge is 0.268 e. The Bertz CT molecular complexity index is 1410. The average Bonchev–Trinajstić information content (AvgIpc) is 3.25. The highest BCUT2D eigenvalue weighted by Crippen LogP contribution is 2.37. The number of nitriles is 1. The molecule has 9 nitrogen and oxygen atoms in total. The topological polar surface area (TPSA) is 131 Å². The lowest BCUT2D eigenvalue weighted by atomic mass is 10.1. The molecule has 0 aliphatic heterocycles. The Labute approximate surface area is 205 Å². The van der Waals surface area contributed by atoms with Crippen molar-refractivity contribution < 1.29 is 22.7 Å². The summed E-state index contributed by atoms with van der Waals surface area (Å²) in [6, 6.07) is 12.8. The largest absolute Gasteiger partial charge is 0.493 e. The van der Waals surface area contributed by atoms with Crippen molar-refractivity contribution in [2.45, 2.75) is 17.9 Å². The van der Waals surface area contributed by atoms with Crippen LogP contribution >= 0.6 is 22.9 Å². The van der Waals surface area contributed by atoms with Crippen LogP contribution < -0.4 is 14.8 Å². The molecular weight excluding hydrogens is 500 g/mol. The highest BCUT2D eigenvalue weighted by Gasteiger charge is 2.18. The normalized spacial score (nSPS) is 11.6. The standard InChI is InChI=1S/C22H19ClN4O5S2/c1-13-5-4-6-14(7-13)12-32-19-17(23)9-15(10-18(19)31-2)8-16(11-24)20(28)25-21-26-27-22(33-21)34(3,29)30/h4-10H,12H2,1-3H3,(H,25,26,28)/b16-8-. The van der Waals surface area contributed by atoms with Gasteiger partial charge in [-0.3, -0.25) is 10.1 Å². The number of methoxy groups -OCH3 is 1. The van der Waals surface area contributed by atoms with Crippen LogP contribution in [0.2, 0.25) is 5.02 Å². The van der Waals surface area contributed by atoms with E-state index in [-0.39, 0.29) is 26.7 Å². The molecule has 1 heterocycles. The first-order valence-corrected chi connectivity index (χ1v) is 12.7. The van der Waals surface area contributed by atoms with Crippen molar-refractivity contribution in [3.8, 4) is 17.6 Å². The minimum atomic E-state index is -3.56. The molecule has 2 aromatic carbocycles. The number of hydrogen-bond donors (Lipinski definition) is 1. The number of hydrogen-bond acceptors (Lipinski definition) is 9. The van der Waals surface area contributed by atoms with E-state index in [2.05, 4.69) is 15.5 Å². The number of aromatic nitrogens is 2. The van der Waals surface area contributed by atoms with Gasteiger partial charge in [0.2, 0.25) is 19.3 Å². The Kier molecular flexibility index (Phi) is 7.88. The van der Waals surface area contributed by atoms with Crippen molar-refractivity contribution in [1.82, 2.24) is 10.2 Å². The minimum absolute atomic E-state index is 0.0536. The second-order valence-corrected chi connectivity index (χ2v) is 10.7. The molecule has 176 valence electrons. The Morgan fingerprint density at radius 1 is 1.29 bits per heavy atom. The monoisotopic (exact) mass is 518 g/mol. The lowest BCUT2D eigenvalue weighted by molar-refractivity contribution is -0.112. The first-order valence-electron chi connectivity index (χ1n) is 9.63. The number of nitrogens with one attached hydrogen (secondary N) is 1. The van der Waals surface area contributed by atoms with Gasteiger partial charge in [0.1, 0.15) is 18.2 Å². The van der Waals surface area contributed by atoms with E-state index in [1.54, 1.807) is 12.1 Å². The summed E-state index contributed by atoms with van der Waals surface area (Å²) < 4.78 is 34.0. The van der Waals surface area contributed by atoms with Crippen LogP contribution in [0.1, 0.15) is 16.7 Å². The van der Waals surface area contributed by atoms with Gasteiger partial charge in [0.05, 0.1) is 12.1 Å². The zero-order valence-corrected chi connectivity index (χ0v) is 20.7. The molecule has 12 heteroatoms. The Hall–Kier alpha value is -3.46. The van der Waals surface area contributed by atoms with Gasteiger partial charge in [-0.25, -0.2) is 8.42 Å². The number of aryl methyl sites for hydroxylation is 1. The maximum atomic E-state index is 12.5. The molecule has 34 heavy (non-hydrogen) atoms. The molecule has 0 saturated heterocycles. The van der Waals surface area contributed by atoms with Crippen molar-refractivity contribution in [3.05, 3.63) is 63.7 Å². The van der Waals surface area contributed by atoms with Gasteiger partial charge in [-0.1, -0.05) is 52.8 Å². The second kappa shape index (κ2) is 10.6. The third-order valence-electron chi connectivity index (χ3n) is 4.34. The number of anilines is 1. The van der Waals surface area contributed by atoms with E-state index < -0.39 is 15.7 Å². The fraction of sp³-hybridized carbons (Fsp3) is 0.182. The summed E-state index contributed by atoms with van der Waals surface area (Å²) in [6.07, 6.45) is 2.29. The molecule has 3 rings (SSSR count). The maximum Gasteiger partial charge on any atom is 0.268 e. The molecule has 0 fully saturated rings. The lowest BCUT2D eigenvalue weighted by Crippen LogP contribution is -2.13. The quantitative estimate of drug-likeness (QED) is 0.268. The number of halogens is 1. The van der Waals surface area contributed by atoms with Crippen LogP contribution in [0.4, 0.5) is 5.13 Å². The number of benzene rings is 2. The molecule has 0 saturated carbocycles. The third kappa shape index (κ3) is 6.32. The van der Waals surface area contributed by atoms with Crippen LogP contribution in [0.3, 0.4) is 0 Å². The van der Waals surface area contributed by atoms with Crippen molar-refractivity contribution in [1.29, 1.82) is 5.26 Å². The van der Waals surface area contributed by atoms with E-state index in [9.17, 15) is 18.5 Å². The molecule has 0 spiro atoms. The van der Waals surface area contributed by atoms with E-state index in [0.717, 1.165) is 17.4 Å². The Balaban J connectivity index is 1.81. The van der Waals surface area contributed by atoms with Gasteiger partial charge in [0.25, 0.3) is 5.91 Å². The van der Waals surface area contributed by atoms with Crippen LogP contribution in [-0.4, -0.2) is 37.9 Å². The van der Waals surface area contributed by atoms with Crippen molar-refractivity contribution >= 4 is 49.9 Å². The number of amides is 1. The summed E-state index contributed by atoms with van der Waals surface area (Å²) in [6.45, 7) is 2.26. The number of sulfone groups is 1. The van der Waals surface area contributed by atoms with Gasteiger partial charge >= 0.3 is 0 Å². The van der Waals surface area contributed by atoms with E-state index in [1.165, 1.54) is 19.3 Å². The summed E-state index contributed by atoms with van der Waals surface area (Å²) in [5, 5.41) is 19.1. The van der Waals surface area contributed by atoms with Gasteiger partial charge in [-0.15, -0.1) is 10.2 Å². The number of carbonyl (C=O) groups excluding carboxylic acids is 1. The first-order chi connectivity index (χ1) is 16.1. The maximum absolute atomic E-state index is 12.5. The Morgan fingerprint density at radius 2 is 2.06 bits per heavy atom. The summed E-state index contributed by atoms with van der Waals surface area (Å²) in [5.41, 5.74) is 2.22. The fourth-order valence-electron chi connectivity index (χ4n) is 2.81. The van der Waals surface area contributed by atoms with E-state index in [0.29, 0.717) is 28.4 Å². The predicted octanol–water partition coefficient (Wildman–Crippen LogP) is 4.04. The third-order valence-corrected chi connectivity index (χ3v) is 7.13. The molecule has 1 N–H and O–H groups in total. The summed E-state index contributed by atoms with van der Waals surface area (Å²) >= 11 is 7.08. The van der Waals surface area contributed by atoms with Gasteiger partial charge in [0, 0.05) is 6.26 Å². The van der Waals surface area contributed by atoms with E-state index >= 15 is 0 Å². The van der Waals surface area contributed by atoms with Crippen LogP contribution in [0, 0.1) is 18.3 Å². The zero-order valence-electron chi connectivity index (χ0n) is 18.3. The molecule has 0 aliphatic carbocycles. The summed E-state index contributed by atoms with van der Waals surface area (Å²) in [5.74, 6) is -0.132. The Morgan fingerprint density at radius 3 is 2.68 bits per heavy atom.